The Bertz CT molecular complexity index is 654. The van der Waals surface area contributed by atoms with Gasteiger partial charge in [0.25, 0.3) is 10.2 Å². The maximum atomic E-state index is 12.9. The van der Waals surface area contributed by atoms with Crippen LogP contribution in [0.4, 0.5) is 0 Å². The molecule has 0 aromatic carbocycles. The molecule has 0 spiro atoms. The summed E-state index contributed by atoms with van der Waals surface area (Å²) in [6, 6.07) is 2.82. The van der Waals surface area contributed by atoms with Crippen LogP contribution in [0.2, 0.25) is 0 Å². The van der Waals surface area contributed by atoms with Gasteiger partial charge >= 0.3 is 0 Å². The molecule has 2 saturated heterocycles. The highest BCUT2D eigenvalue weighted by atomic mass is 32.2. The maximum Gasteiger partial charge on any atom is 0.280 e. The number of thiophene rings is 1. The van der Waals surface area contributed by atoms with Crippen LogP contribution in [0.5, 0.6) is 0 Å². The molecule has 0 saturated carbocycles. The summed E-state index contributed by atoms with van der Waals surface area (Å²) >= 11 is 1.50. The van der Waals surface area contributed by atoms with Gasteiger partial charge in [-0.2, -0.15) is 17.4 Å². The zero-order chi connectivity index (χ0) is 16.6. The summed E-state index contributed by atoms with van der Waals surface area (Å²) in [6.07, 6.45) is 0.460. The van der Waals surface area contributed by atoms with Crippen LogP contribution in [0.1, 0.15) is 17.3 Å². The molecule has 0 radical (unpaired) electrons. The Hall–Kier alpha value is -1.00. The third-order valence-electron chi connectivity index (χ3n) is 4.55. The Balaban J connectivity index is 1.80. The van der Waals surface area contributed by atoms with Crippen LogP contribution in [0.25, 0.3) is 0 Å². The molecule has 23 heavy (non-hydrogen) atoms. The third kappa shape index (κ3) is 3.43. The Kier molecular flexibility index (Phi) is 4.75. The van der Waals surface area contributed by atoms with Gasteiger partial charge in [0.05, 0.1) is 6.04 Å². The van der Waals surface area contributed by atoms with E-state index >= 15 is 0 Å². The first-order chi connectivity index (χ1) is 10.9. The van der Waals surface area contributed by atoms with Crippen molar-refractivity contribution in [2.45, 2.75) is 18.5 Å². The summed E-state index contributed by atoms with van der Waals surface area (Å²) in [7, 11) is -0.147. The fraction of sp³-hybridized carbons (Fsp3) is 0.643. The number of rotatable bonds is 2. The summed E-state index contributed by atoms with van der Waals surface area (Å²) in [4.78, 5) is 17.7. The number of likely N-dealkylation sites (N-methyl/N-ethyl adjacent to an activating group) is 2. The smallest absolute Gasteiger partial charge is 0.280 e. The van der Waals surface area contributed by atoms with Gasteiger partial charge in [-0.05, 0) is 24.9 Å². The second-order valence-corrected chi connectivity index (χ2v) is 8.83. The number of nitrogens with one attached hydrogen (secondary N) is 1. The monoisotopic (exact) mass is 358 g/mol. The van der Waals surface area contributed by atoms with Gasteiger partial charge in [0, 0.05) is 38.1 Å². The van der Waals surface area contributed by atoms with Gasteiger partial charge in [0.1, 0.15) is 6.04 Å². The Labute approximate surface area is 141 Å². The van der Waals surface area contributed by atoms with Crippen molar-refractivity contribution in [1.82, 2.24) is 18.8 Å². The van der Waals surface area contributed by atoms with Crippen molar-refractivity contribution in [3.63, 3.8) is 0 Å². The maximum absolute atomic E-state index is 12.9. The lowest BCUT2D eigenvalue weighted by molar-refractivity contribution is -0.137. The van der Waals surface area contributed by atoms with E-state index in [1.807, 2.05) is 24.6 Å². The summed E-state index contributed by atoms with van der Waals surface area (Å²) < 4.78 is 28.6. The summed E-state index contributed by atoms with van der Waals surface area (Å²) in [6.45, 7) is 2.94. The van der Waals surface area contributed by atoms with E-state index in [4.69, 9.17) is 0 Å². The molecule has 128 valence electrons. The van der Waals surface area contributed by atoms with Crippen molar-refractivity contribution in [3.8, 4) is 0 Å². The normalized spacial score (nSPS) is 29.6. The number of nitrogens with zero attached hydrogens (tertiary/aromatic N) is 3. The molecule has 7 nitrogen and oxygen atoms in total. The predicted octanol–water partition coefficient (Wildman–Crippen LogP) is 0.102. The van der Waals surface area contributed by atoms with Gasteiger partial charge in [-0.25, -0.2) is 0 Å². The lowest BCUT2D eigenvalue weighted by Crippen LogP contribution is -2.59. The summed E-state index contributed by atoms with van der Waals surface area (Å²) in [5, 5.41) is 1.92. The van der Waals surface area contributed by atoms with Crippen molar-refractivity contribution in [2.75, 3.05) is 40.3 Å². The Morgan fingerprint density at radius 2 is 1.96 bits per heavy atom. The lowest BCUT2D eigenvalue weighted by Gasteiger charge is -2.40. The van der Waals surface area contributed by atoms with Crippen LogP contribution >= 0.6 is 11.3 Å². The number of hydrogen-bond acceptors (Lipinski definition) is 5. The number of piperazine rings is 1. The second kappa shape index (κ2) is 6.48. The largest absolute Gasteiger partial charge is 0.339 e. The van der Waals surface area contributed by atoms with E-state index in [9.17, 15) is 13.2 Å². The molecule has 9 heteroatoms. The van der Waals surface area contributed by atoms with Crippen LogP contribution in [0, 0.1) is 0 Å². The number of carbonyl (C=O) groups is 1. The van der Waals surface area contributed by atoms with Crippen LogP contribution in [0.15, 0.2) is 17.5 Å². The van der Waals surface area contributed by atoms with Crippen molar-refractivity contribution in [2.24, 2.45) is 0 Å². The van der Waals surface area contributed by atoms with Gasteiger partial charge < -0.3 is 9.80 Å². The average Bonchev–Trinajstić information content (AvgIpc) is 3.04. The van der Waals surface area contributed by atoms with Crippen molar-refractivity contribution in [3.05, 3.63) is 22.4 Å². The minimum Gasteiger partial charge on any atom is -0.339 e. The minimum atomic E-state index is -3.65. The molecule has 1 aromatic rings. The molecule has 3 rings (SSSR count). The first kappa shape index (κ1) is 16.8. The quantitative estimate of drug-likeness (QED) is 0.814. The molecule has 0 bridgehead atoms. The number of carbonyl (C=O) groups excluding carboxylic acids is 1. The fourth-order valence-electron chi connectivity index (χ4n) is 3.01. The first-order valence-corrected chi connectivity index (χ1v) is 9.96. The number of amides is 1. The van der Waals surface area contributed by atoms with Crippen molar-refractivity contribution >= 4 is 27.5 Å². The SMILES string of the molecule is CN1CCN(C(=O)[C@H]2C[C@H](c3cccs3)NS(=O)(=O)N2C)CC1. The predicted molar refractivity (Wildman–Crippen MR) is 89.4 cm³/mol. The van der Waals surface area contributed by atoms with E-state index in [1.165, 1.54) is 22.7 Å². The molecular formula is C14H22N4O3S2. The molecule has 2 aliphatic rings. The Morgan fingerprint density at radius 1 is 1.26 bits per heavy atom. The molecule has 2 atom stereocenters. The molecule has 0 aliphatic carbocycles. The molecule has 0 unspecified atom stereocenters. The van der Waals surface area contributed by atoms with E-state index in [2.05, 4.69) is 9.62 Å². The lowest BCUT2D eigenvalue weighted by atomic mass is 10.0. The highest BCUT2D eigenvalue weighted by Gasteiger charge is 2.42. The average molecular weight is 358 g/mol. The molecule has 3 heterocycles. The first-order valence-electron chi connectivity index (χ1n) is 7.64. The van der Waals surface area contributed by atoms with Crippen LogP contribution in [-0.2, 0) is 15.0 Å². The van der Waals surface area contributed by atoms with E-state index in [0.29, 0.717) is 19.5 Å². The van der Waals surface area contributed by atoms with Crippen LogP contribution < -0.4 is 4.72 Å². The fourth-order valence-corrected chi connectivity index (χ4v) is 5.13. The molecule has 1 amide bonds. The highest BCUT2D eigenvalue weighted by molar-refractivity contribution is 7.87. The van der Waals surface area contributed by atoms with E-state index in [0.717, 1.165) is 18.0 Å². The minimum absolute atomic E-state index is 0.0905. The standard InChI is InChI=1S/C14H22N4O3S2/c1-16-5-7-18(8-6-16)14(19)12-10-11(13-4-3-9-22-13)15-23(20,21)17(12)2/h3-4,9,11-12,15H,5-8,10H2,1-2H3/t11-,12-/m1/s1. The highest BCUT2D eigenvalue weighted by Crippen LogP contribution is 2.31. The van der Waals surface area contributed by atoms with Gasteiger partial charge in [0.2, 0.25) is 5.91 Å². The molecule has 1 aromatic heterocycles. The van der Waals surface area contributed by atoms with E-state index < -0.39 is 16.3 Å². The van der Waals surface area contributed by atoms with Crippen LogP contribution in [0.3, 0.4) is 0 Å². The van der Waals surface area contributed by atoms with Crippen LogP contribution in [-0.4, -0.2) is 74.7 Å². The summed E-state index contributed by atoms with van der Waals surface area (Å²) in [5.41, 5.74) is 0. The Morgan fingerprint density at radius 3 is 2.57 bits per heavy atom. The molecule has 2 fully saturated rings. The van der Waals surface area contributed by atoms with Gasteiger partial charge in [-0.1, -0.05) is 6.07 Å². The number of hydrogen-bond donors (Lipinski definition) is 1. The van der Waals surface area contributed by atoms with E-state index in [-0.39, 0.29) is 11.9 Å². The van der Waals surface area contributed by atoms with Gasteiger partial charge in [-0.15, -0.1) is 11.3 Å². The molecule has 2 aliphatic heterocycles. The third-order valence-corrected chi connectivity index (χ3v) is 7.14. The zero-order valence-electron chi connectivity index (χ0n) is 13.3. The second-order valence-electron chi connectivity index (χ2n) is 6.09. The van der Waals surface area contributed by atoms with Gasteiger partial charge in [0.15, 0.2) is 0 Å². The van der Waals surface area contributed by atoms with Gasteiger partial charge in [-0.3, -0.25) is 4.79 Å². The van der Waals surface area contributed by atoms with Crippen molar-refractivity contribution in [1.29, 1.82) is 0 Å². The zero-order valence-corrected chi connectivity index (χ0v) is 14.9. The molecule has 1 N–H and O–H groups in total. The van der Waals surface area contributed by atoms with E-state index in [1.54, 1.807) is 4.90 Å². The molecular weight excluding hydrogens is 336 g/mol. The summed E-state index contributed by atoms with van der Waals surface area (Å²) in [5.74, 6) is -0.0905. The topological polar surface area (TPSA) is 73.0 Å². The van der Waals surface area contributed by atoms with Crippen molar-refractivity contribution < 1.29 is 13.2 Å².